The van der Waals surface area contributed by atoms with Gasteiger partial charge in [0.1, 0.15) is 0 Å². The Balaban J connectivity index is 2.58. The number of terminal acetylenes is 1. The minimum absolute atomic E-state index is 0.738. The van der Waals surface area contributed by atoms with Crippen LogP contribution in [-0.2, 0) is 0 Å². The van der Waals surface area contributed by atoms with E-state index in [0.717, 1.165) is 21.7 Å². The van der Waals surface area contributed by atoms with Crippen LogP contribution in [0.25, 0.3) is 11.1 Å². The zero-order chi connectivity index (χ0) is 9.97. The second kappa shape index (κ2) is 3.88. The topological polar surface area (TPSA) is 0 Å². The van der Waals surface area contributed by atoms with Crippen LogP contribution in [0.4, 0.5) is 0 Å². The molecular formula is C12H7ClS. The Kier molecular flexibility index (Phi) is 2.58. The maximum absolute atomic E-state index is 6.08. The van der Waals surface area contributed by atoms with Crippen molar-refractivity contribution in [1.29, 1.82) is 0 Å². The Hall–Kier alpha value is -1.23. The summed E-state index contributed by atoms with van der Waals surface area (Å²) in [5.74, 6) is 2.60. The SMILES string of the molecule is C#Cc1ccc(Cl)c(-c2ccsc2)c1. The molecule has 0 aliphatic heterocycles. The van der Waals surface area contributed by atoms with Gasteiger partial charge in [-0.2, -0.15) is 11.3 Å². The molecule has 1 aromatic carbocycles. The molecule has 0 nitrogen and oxygen atoms in total. The van der Waals surface area contributed by atoms with Crippen molar-refractivity contribution in [1.82, 2.24) is 0 Å². The Morgan fingerprint density at radius 3 is 2.79 bits per heavy atom. The van der Waals surface area contributed by atoms with Crippen LogP contribution in [0.5, 0.6) is 0 Å². The molecule has 0 unspecified atom stereocenters. The fourth-order valence-electron chi connectivity index (χ4n) is 1.25. The first-order chi connectivity index (χ1) is 6.81. The van der Waals surface area contributed by atoms with Crippen LogP contribution in [0.15, 0.2) is 35.0 Å². The molecule has 0 amide bonds. The Morgan fingerprint density at radius 1 is 1.29 bits per heavy atom. The number of rotatable bonds is 1. The second-order valence-electron chi connectivity index (χ2n) is 2.85. The van der Waals surface area contributed by atoms with Gasteiger partial charge in [0.25, 0.3) is 0 Å². The molecule has 0 aliphatic carbocycles. The molecule has 1 heterocycles. The number of benzene rings is 1. The summed E-state index contributed by atoms with van der Waals surface area (Å²) < 4.78 is 0. The molecule has 68 valence electrons. The van der Waals surface area contributed by atoms with Crippen LogP contribution >= 0.6 is 22.9 Å². The Morgan fingerprint density at radius 2 is 2.14 bits per heavy atom. The highest BCUT2D eigenvalue weighted by Gasteiger charge is 2.03. The third-order valence-electron chi connectivity index (χ3n) is 1.97. The maximum atomic E-state index is 6.08. The van der Waals surface area contributed by atoms with Crippen LogP contribution in [0.3, 0.4) is 0 Å². The highest BCUT2D eigenvalue weighted by Crippen LogP contribution is 2.30. The molecule has 0 fully saturated rings. The van der Waals surface area contributed by atoms with Crippen molar-refractivity contribution in [2.75, 3.05) is 0 Å². The molecule has 1 aromatic heterocycles. The maximum Gasteiger partial charge on any atom is 0.0485 e. The van der Waals surface area contributed by atoms with Crippen LogP contribution in [-0.4, -0.2) is 0 Å². The van der Waals surface area contributed by atoms with E-state index in [2.05, 4.69) is 11.3 Å². The van der Waals surface area contributed by atoms with E-state index in [1.54, 1.807) is 11.3 Å². The first-order valence-corrected chi connectivity index (χ1v) is 5.42. The van der Waals surface area contributed by atoms with Gasteiger partial charge in [0.15, 0.2) is 0 Å². The summed E-state index contributed by atoms with van der Waals surface area (Å²) in [6.07, 6.45) is 5.33. The van der Waals surface area contributed by atoms with Crippen molar-refractivity contribution >= 4 is 22.9 Å². The second-order valence-corrected chi connectivity index (χ2v) is 4.04. The van der Waals surface area contributed by atoms with Gasteiger partial charge in [-0.05, 0) is 40.6 Å². The fraction of sp³-hybridized carbons (Fsp3) is 0. The molecule has 0 saturated carbocycles. The summed E-state index contributed by atoms with van der Waals surface area (Å²) in [5.41, 5.74) is 2.98. The summed E-state index contributed by atoms with van der Waals surface area (Å²) in [7, 11) is 0. The third-order valence-corrected chi connectivity index (χ3v) is 2.98. The van der Waals surface area contributed by atoms with Gasteiger partial charge in [0, 0.05) is 16.1 Å². The quantitative estimate of drug-likeness (QED) is 0.634. The number of thiophene rings is 1. The van der Waals surface area contributed by atoms with Crippen molar-refractivity contribution in [3.63, 3.8) is 0 Å². The molecule has 2 aromatic rings. The lowest BCUT2D eigenvalue weighted by molar-refractivity contribution is 1.63. The van der Waals surface area contributed by atoms with Crippen molar-refractivity contribution < 1.29 is 0 Å². The van der Waals surface area contributed by atoms with Crippen LogP contribution in [0, 0.1) is 12.3 Å². The minimum atomic E-state index is 0.738. The molecule has 0 atom stereocenters. The van der Waals surface area contributed by atoms with E-state index in [1.807, 2.05) is 29.6 Å². The first-order valence-electron chi connectivity index (χ1n) is 4.10. The molecule has 0 aliphatic rings. The third kappa shape index (κ3) is 1.68. The zero-order valence-corrected chi connectivity index (χ0v) is 8.90. The number of hydrogen-bond donors (Lipinski definition) is 0. The van der Waals surface area contributed by atoms with Gasteiger partial charge in [-0.1, -0.05) is 17.5 Å². The van der Waals surface area contributed by atoms with Gasteiger partial charge < -0.3 is 0 Å². The fourth-order valence-corrected chi connectivity index (χ4v) is 2.14. The van der Waals surface area contributed by atoms with Crippen LogP contribution < -0.4 is 0 Å². The normalized spacial score (nSPS) is 9.71. The van der Waals surface area contributed by atoms with Crippen LogP contribution in [0.1, 0.15) is 5.56 Å². The summed E-state index contributed by atoms with van der Waals surface area (Å²) in [4.78, 5) is 0. The highest BCUT2D eigenvalue weighted by molar-refractivity contribution is 7.08. The minimum Gasteiger partial charge on any atom is -0.152 e. The average molecular weight is 219 g/mol. The molecule has 0 radical (unpaired) electrons. The van der Waals surface area contributed by atoms with Gasteiger partial charge in [-0.3, -0.25) is 0 Å². The lowest BCUT2D eigenvalue weighted by atomic mass is 10.1. The van der Waals surface area contributed by atoms with E-state index < -0.39 is 0 Å². The van der Waals surface area contributed by atoms with Gasteiger partial charge in [-0.15, -0.1) is 6.42 Å². The molecule has 14 heavy (non-hydrogen) atoms. The predicted molar refractivity (Wildman–Crippen MR) is 62.7 cm³/mol. The van der Waals surface area contributed by atoms with E-state index in [4.69, 9.17) is 18.0 Å². The summed E-state index contributed by atoms with van der Waals surface area (Å²) in [6.45, 7) is 0. The highest BCUT2D eigenvalue weighted by atomic mass is 35.5. The Bertz CT molecular complexity index is 478. The van der Waals surface area contributed by atoms with E-state index in [9.17, 15) is 0 Å². The summed E-state index contributed by atoms with van der Waals surface area (Å²) >= 11 is 7.73. The van der Waals surface area contributed by atoms with E-state index in [-0.39, 0.29) is 0 Å². The molecule has 0 spiro atoms. The average Bonchev–Trinajstić information content (AvgIpc) is 2.71. The van der Waals surface area contributed by atoms with Gasteiger partial charge in [0.05, 0.1) is 0 Å². The van der Waals surface area contributed by atoms with Crippen molar-refractivity contribution in [2.24, 2.45) is 0 Å². The summed E-state index contributed by atoms with van der Waals surface area (Å²) in [6, 6.07) is 7.65. The molecule has 2 rings (SSSR count). The van der Waals surface area contributed by atoms with Gasteiger partial charge in [0.2, 0.25) is 0 Å². The zero-order valence-electron chi connectivity index (χ0n) is 7.33. The van der Waals surface area contributed by atoms with Crippen molar-refractivity contribution in [3.8, 4) is 23.5 Å². The predicted octanol–water partition coefficient (Wildman–Crippen LogP) is 4.05. The largest absolute Gasteiger partial charge is 0.152 e. The van der Waals surface area contributed by atoms with Gasteiger partial charge >= 0.3 is 0 Å². The monoisotopic (exact) mass is 218 g/mol. The van der Waals surface area contributed by atoms with Gasteiger partial charge in [-0.25, -0.2) is 0 Å². The van der Waals surface area contributed by atoms with Crippen molar-refractivity contribution in [3.05, 3.63) is 45.6 Å². The lowest BCUT2D eigenvalue weighted by Crippen LogP contribution is -1.79. The molecular weight excluding hydrogens is 212 g/mol. The summed E-state index contributed by atoms with van der Waals surface area (Å²) in [5, 5.41) is 4.82. The van der Waals surface area contributed by atoms with Crippen molar-refractivity contribution in [2.45, 2.75) is 0 Å². The smallest absolute Gasteiger partial charge is 0.0485 e. The molecule has 0 bridgehead atoms. The van der Waals surface area contributed by atoms with E-state index >= 15 is 0 Å². The van der Waals surface area contributed by atoms with E-state index in [1.165, 1.54) is 0 Å². The standard InChI is InChI=1S/C12H7ClS/c1-2-9-3-4-12(13)11(7-9)10-5-6-14-8-10/h1,3-8H. The number of halogens is 1. The van der Waals surface area contributed by atoms with E-state index in [0.29, 0.717) is 0 Å². The molecule has 0 saturated heterocycles. The molecule has 2 heteroatoms. The Labute approximate surface area is 92.2 Å². The lowest BCUT2D eigenvalue weighted by Gasteiger charge is -2.02. The van der Waals surface area contributed by atoms with Crippen LogP contribution in [0.2, 0.25) is 5.02 Å². The molecule has 0 N–H and O–H groups in total. The number of hydrogen-bond acceptors (Lipinski definition) is 1. The first kappa shape index (κ1) is 9.33.